The van der Waals surface area contributed by atoms with Gasteiger partial charge in [-0.25, -0.2) is 14.4 Å². The van der Waals surface area contributed by atoms with Crippen molar-refractivity contribution in [1.29, 1.82) is 0 Å². The summed E-state index contributed by atoms with van der Waals surface area (Å²) in [5, 5.41) is 0. The average molecular weight is 434 g/mol. The second-order valence-electron chi connectivity index (χ2n) is 8.40. The van der Waals surface area contributed by atoms with Crippen LogP contribution in [0.4, 0.5) is 16.0 Å². The third-order valence-electron chi connectivity index (χ3n) is 6.32. The summed E-state index contributed by atoms with van der Waals surface area (Å²) in [7, 11) is 1.69. The molecule has 5 rings (SSSR count). The molecule has 3 aromatic rings. The Labute approximate surface area is 188 Å². The first-order chi connectivity index (χ1) is 15.7. The van der Waals surface area contributed by atoms with Crippen LogP contribution in [-0.2, 0) is 19.5 Å². The van der Waals surface area contributed by atoms with E-state index in [0.29, 0.717) is 0 Å². The van der Waals surface area contributed by atoms with Gasteiger partial charge in [0.25, 0.3) is 0 Å². The van der Waals surface area contributed by atoms with Crippen molar-refractivity contribution in [3.63, 3.8) is 0 Å². The lowest BCUT2D eigenvalue weighted by Gasteiger charge is -2.36. The van der Waals surface area contributed by atoms with Crippen LogP contribution < -0.4 is 14.5 Å². The van der Waals surface area contributed by atoms with Crippen molar-refractivity contribution in [3.8, 4) is 5.75 Å². The highest BCUT2D eigenvalue weighted by atomic mass is 19.1. The van der Waals surface area contributed by atoms with Crippen LogP contribution in [0.25, 0.3) is 0 Å². The van der Waals surface area contributed by atoms with Crippen molar-refractivity contribution < 1.29 is 9.13 Å². The number of ether oxygens (including phenoxy) is 1. The molecule has 2 aliphatic rings. The van der Waals surface area contributed by atoms with Crippen molar-refractivity contribution in [1.82, 2.24) is 14.9 Å². The van der Waals surface area contributed by atoms with Crippen LogP contribution in [0.15, 0.2) is 54.7 Å². The topological polar surface area (TPSA) is 44.7 Å². The SMILES string of the molecule is COc1ccc(N2CCN(c3ncc4c(n3)CCN(Cc3ccc(F)cc3)C4)CC2)cc1. The van der Waals surface area contributed by atoms with E-state index >= 15 is 0 Å². The summed E-state index contributed by atoms with van der Waals surface area (Å²) in [6.07, 6.45) is 2.90. The van der Waals surface area contributed by atoms with Gasteiger partial charge in [-0.15, -0.1) is 0 Å². The Bertz CT molecular complexity index is 1050. The van der Waals surface area contributed by atoms with E-state index in [2.05, 4.69) is 26.8 Å². The van der Waals surface area contributed by atoms with Crippen LogP contribution in [0.1, 0.15) is 16.8 Å². The summed E-state index contributed by atoms with van der Waals surface area (Å²) in [4.78, 5) is 16.6. The lowest BCUT2D eigenvalue weighted by molar-refractivity contribution is 0.243. The number of methoxy groups -OCH3 is 1. The Balaban J connectivity index is 1.19. The van der Waals surface area contributed by atoms with E-state index in [-0.39, 0.29) is 5.82 Å². The predicted molar refractivity (Wildman–Crippen MR) is 124 cm³/mol. The van der Waals surface area contributed by atoms with E-state index in [4.69, 9.17) is 14.7 Å². The van der Waals surface area contributed by atoms with Gasteiger partial charge in [0.15, 0.2) is 0 Å². The summed E-state index contributed by atoms with van der Waals surface area (Å²) in [6, 6.07) is 15.0. The van der Waals surface area contributed by atoms with Crippen molar-refractivity contribution in [2.75, 3.05) is 49.6 Å². The minimum absolute atomic E-state index is 0.191. The molecule has 0 atom stereocenters. The fourth-order valence-electron chi connectivity index (χ4n) is 4.46. The Hall–Kier alpha value is -3.19. The van der Waals surface area contributed by atoms with E-state index in [0.717, 1.165) is 75.2 Å². The maximum absolute atomic E-state index is 13.1. The number of aromatic nitrogens is 2. The van der Waals surface area contributed by atoms with Crippen molar-refractivity contribution in [2.45, 2.75) is 19.5 Å². The van der Waals surface area contributed by atoms with Crippen LogP contribution in [-0.4, -0.2) is 54.7 Å². The van der Waals surface area contributed by atoms with Crippen molar-refractivity contribution in [3.05, 3.63) is 77.4 Å². The predicted octanol–water partition coefficient (Wildman–Crippen LogP) is 3.51. The minimum atomic E-state index is -0.191. The Kier molecular flexibility index (Phi) is 5.90. The number of piperazine rings is 1. The molecule has 7 heteroatoms. The van der Waals surface area contributed by atoms with Crippen molar-refractivity contribution in [2.24, 2.45) is 0 Å². The molecule has 0 saturated carbocycles. The number of benzene rings is 2. The fourth-order valence-corrected chi connectivity index (χ4v) is 4.46. The van der Waals surface area contributed by atoms with Gasteiger partial charge >= 0.3 is 0 Å². The quantitative estimate of drug-likeness (QED) is 0.614. The number of fused-ring (bicyclic) bond motifs is 1. The van der Waals surface area contributed by atoms with Crippen LogP contribution in [0.5, 0.6) is 5.75 Å². The number of halogens is 1. The number of hydrogen-bond acceptors (Lipinski definition) is 6. The lowest BCUT2D eigenvalue weighted by Crippen LogP contribution is -2.47. The molecule has 0 N–H and O–H groups in total. The molecule has 1 saturated heterocycles. The molecule has 1 fully saturated rings. The van der Waals surface area contributed by atoms with Crippen molar-refractivity contribution >= 4 is 11.6 Å². The van der Waals surface area contributed by atoms with E-state index < -0.39 is 0 Å². The van der Waals surface area contributed by atoms with E-state index in [1.807, 2.05) is 30.5 Å². The average Bonchev–Trinajstić information content (AvgIpc) is 2.85. The maximum Gasteiger partial charge on any atom is 0.225 e. The zero-order chi connectivity index (χ0) is 21.9. The molecule has 0 radical (unpaired) electrons. The molecule has 0 unspecified atom stereocenters. The normalized spacial score (nSPS) is 16.7. The Morgan fingerprint density at radius 1 is 0.906 bits per heavy atom. The van der Waals surface area contributed by atoms with E-state index in [9.17, 15) is 4.39 Å². The molecule has 0 spiro atoms. The third-order valence-corrected chi connectivity index (χ3v) is 6.32. The first kappa shape index (κ1) is 20.7. The number of rotatable bonds is 5. The summed E-state index contributed by atoms with van der Waals surface area (Å²) < 4.78 is 18.4. The van der Waals surface area contributed by atoms with E-state index in [1.165, 1.54) is 23.4 Å². The molecule has 0 amide bonds. The second-order valence-corrected chi connectivity index (χ2v) is 8.40. The van der Waals surface area contributed by atoms with Crippen LogP contribution in [0.2, 0.25) is 0 Å². The molecule has 2 aromatic carbocycles. The largest absolute Gasteiger partial charge is 0.497 e. The Morgan fingerprint density at radius 3 is 2.34 bits per heavy atom. The molecule has 3 heterocycles. The van der Waals surface area contributed by atoms with Gasteiger partial charge in [-0.05, 0) is 42.0 Å². The summed E-state index contributed by atoms with van der Waals surface area (Å²) >= 11 is 0. The molecule has 0 aliphatic carbocycles. The first-order valence-corrected chi connectivity index (χ1v) is 11.1. The van der Waals surface area contributed by atoms with E-state index in [1.54, 1.807) is 7.11 Å². The molecule has 0 bridgehead atoms. The summed E-state index contributed by atoms with van der Waals surface area (Å²) in [5.74, 6) is 1.53. The van der Waals surface area contributed by atoms with Gasteiger partial charge in [-0.1, -0.05) is 12.1 Å². The zero-order valence-electron chi connectivity index (χ0n) is 18.4. The van der Waals surface area contributed by atoms with Crippen LogP contribution >= 0.6 is 0 Å². The van der Waals surface area contributed by atoms with Gasteiger partial charge in [0.1, 0.15) is 11.6 Å². The molecular formula is C25H28FN5O. The standard InChI is InChI=1S/C25H28FN5O/c1-32-23-8-6-22(7-9-23)30-12-14-31(15-13-30)25-27-16-20-18-29(11-10-24(20)28-25)17-19-2-4-21(26)5-3-19/h2-9,16H,10-15,17-18H2,1H3. The van der Waals surface area contributed by atoms with Gasteiger partial charge in [0.2, 0.25) is 5.95 Å². The van der Waals surface area contributed by atoms with Gasteiger partial charge in [0, 0.05) is 69.7 Å². The second kappa shape index (κ2) is 9.12. The van der Waals surface area contributed by atoms with Gasteiger partial charge in [-0.3, -0.25) is 4.90 Å². The van der Waals surface area contributed by atoms with Crippen LogP contribution in [0.3, 0.4) is 0 Å². The third kappa shape index (κ3) is 4.53. The fraction of sp³-hybridized carbons (Fsp3) is 0.360. The number of anilines is 2. The molecule has 32 heavy (non-hydrogen) atoms. The highest BCUT2D eigenvalue weighted by molar-refractivity contribution is 5.51. The minimum Gasteiger partial charge on any atom is -0.497 e. The zero-order valence-corrected chi connectivity index (χ0v) is 18.4. The molecule has 2 aliphatic heterocycles. The molecule has 6 nitrogen and oxygen atoms in total. The smallest absolute Gasteiger partial charge is 0.225 e. The Morgan fingerprint density at radius 2 is 1.62 bits per heavy atom. The van der Waals surface area contributed by atoms with Gasteiger partial charge in [-0.2, -0.15) is 0 Å². The highest BCUT2D eigenvalue weighted by Gasteiger charge is 2.23. The number of hydrogen-bond donors (Lipinski definition) is 0. The summed E-state index contributed by atoms with van der Waals surface area (Å²) in [5.41, 5.74) is 4.70. The lowest BCUT2D eigenvalue weighted by atomic mass is 10.1. The van der Waals surface area contributed by atoms with Gasteiger partial charge < -0.3 is 14.5 Å². The van der Waals surface area contributed by atoms with Gasteiger partial charge in [0.05, 0.1) is 12.8 Å². The maximum atomic E-state index is 13.1. The number of nitrogens with zero attached hydrogens (tertiary/aromatic N) is 5. The monoisotopic (exact) mass is 433 g/mol. The molecule has 166 valence electrons. The highest BCUT2D eigenvalue weighted by Crippen LogP contribution is 2.24. The molecular weight excluding hydrogens is 405 g/mol. The first-order valence-electron chi connectivity index (χ1n) is 11.1. The summed E-state index contributed by atoms with van der Waals surface area (Å²) in [6.45, 7) is 6.29. The van der Waals surface area contributed by atoms with Crippen LogP contribution in [0, 0.1) is 5.82 Å². The molecule has 1 aromatic heterocycles.